The summed E-state index contributed by atoms with van der Waals surface area (Å²) < 4.78 is 39.9. The summed E-state index contributed by atoms with van der Waals surface area (Å²) in [7, 11) is 0. The van der Waals surface area contributed by atoms with Crippen molar-refractivity contribution in [3.8, 4) is 0 Å². The van der Waals surface area contributed by atoms with Crippen LogP contribution in [0.1, 0.15) is 29.5 Å². The summed E-state index contributed by atoms with van der Waals surface area (Å²) in [6, 6.07) is 12.5. The largest absolute Gasteiger partial charge is 0.412 e. The van der Waals surface area contributed by atoms with Crippen molar-refractivity contribution in [1.29, 1.82) is 0 Å². The molecule has 1 saturated carbocycles. The number of benzene rings is 2. The number of rotatable bonds is 4. The molecule has 2 nitrogen and oxygen atoms in total. The van der Waals surface area contributed by atoms with Gasteiger partial charge in [-0.3, -0.25) is 4.79 Å². The first-order valence-electron chi connectivity index (χ1n) is 7.54. The van der Waals surface area contributed by atoms with Gasteiger partial charge in [0.15, 0.2) is 6.04 Å². The van der Waals surface area contributed by atoms with E-state index in [0.717, 1.165) is 5.56 Å². The van der Waals surface area contributed by atoms with Crippen LogP contribution in [0.25, 0.3) is 0 Å². The van der Waals surface area contributed by atoms with Gasteiger partial charge in [-0.2, -0.15) is 13.2 Å². The first-order chi connectivity index (χ1) is 11.4. The minimum Gasteiger partial charge on any atom is -0.341 e. The number of alkyl halides is 3. The van der Waals surface area contributed by atoms with Crippen LogP contribution in [-0.4, -0.2) is 12.1 Å². The lowest BCUT2D eigenvalue weighted by atomic mass is 10.1. The van der Waals surface area contributed by atoms with Gasteiger partial charge < -0.3 is 5.32 Å². The number of carbonyl (C=O) groups is 1. The van der Waals surface area contributed by atoms with Gasteiger partial charge in [-0.25, -0.2) is 0 Å². The lowest BCUT2D eigenvalue weighted by Gasteiger charge is -2.22. The van der Waals surface area contributed by atoms with E-state index in [2.05, 4.69) is 5.32 Å². The van der Waals surface area contributed by atoms with Crippen LogP contribution >= 0.6 is 11.6 Å². The second-order valence-electron chi connectivity index (χ2n) is 5.86. The minimum absolute atomic E-state index is 0.0216. The molecule has 0 aromatic heterocycles. The van der Waals surface area contributed by atoms with Gasteiger partial charge in [0.05, 0.1) is 0 Å². The fourth-order valence-electron chi connectivity index (χ4n) is 2.85. The SMILES string of the molecule is O=C(NC(c1ccccc1)C(F)(F)F)C1CC1c1ccccc1Cl. The monoisotopic (exact) mass is 353 g/mol. The molecule has 1 amide bonds. The van der Waals surface area contributed by atoms with Crippen LogP contribution in [0.5, 0.6) is 0 Å². The van der Waals surface area contributed by atoms with Crippen LogP contribution in [0.2, 0.25) is 5.02 Å². The topological polar surface area (TPSA) is 29.1 Å². The number of amides is 1. The van der Waals surface area contributed by atoms with E-state index in [9.17, 15) is 18.0 Å². The van der Waals surface area contributed by atoms with Crippen LogP contribution < -0.4 is 5.32 Å². The molecule has 2 aromatic rings. The van der Waals surface area contributed by atoms with Crippen molar-refractivity contribution < 1.29 is 18.0 Å². The molecule has 1 aliphatic carbocycles. The summed E-state index contributed by atoms with van der Waals surface area (Å²) in [6.45, 7) is 0. The predicted octanol–water partition coefficient (Wildman–Crippen LogP) is 4.86. The highest BCUT2D eigenvalue weighted by atomic mass is 35.5. The first kappa shape index (κ1) is 16.8. The van der Waals surface area contributed by atoms with Crippen LogP contribution in [0.3, 0.4) is 0 Å². The van der Waals surface area contributed by atoms with Gasteiger partial charge in [-0.1, -0.05) is 60.1 Å². The van der Waals surface area contributed by atoms with E-state index in [-0.39, 0.29) is 11.5 Å². The van der Waals surface area contributed by atoms with E-state index in [1.54, 1.807) is 30.3 Å². The Morgan fingerprint density at radius 3 is 2.33 bits per heavy atom. The molecule has 126 valence electrons. The third kappa shape index (κ3) is 3.56. The fourth-order valence-corrected chi connectivity index (χ4v) is 3.13. The molecule has 6 heteroatoms. The maximum atomic E-state index is 13.3. The maximum Gasteiger partial charge on any atom is 0.412 e. The lowest BCUT2D eigenvalue weighted by molar-refractivity contribution is -0.163. The van der Waals surface area contributed by atoms with Gasteiger partial charge in [0.25, 0.3) is 0 Å². The molecule has 1 aliphatic rings. The number of hydrogen-bond donors (Lipinski definition) is 1. The summed E-state index contributed by atoms with van der Waals surface area (Å²) in [5, 5.41) is 2.68. The maximum absolute atomic E-state index is 13.3. The van der Waals surface area contributed by atoms with Crippen LogP contribution in [-0.2, 0) is 4.79 Å². The average Bonchev–Trinajstić information content (AvgIpc) is 3.33. The number of carbonyl (C=O) groups excluding carboxylic acids is 1. The molecule has 1 fully saturated rings. The van der Waals surface area contributed by atoms with Crippen molar-refractivity contribution in [1.82, 2.24) is 5.32 Å². The van der Waals surface area contributed by atoms with E-state index in [4.69, 9.17) is 11.6 Å². The van der Waals surface area contributed by atoms with Crippen LogP contribution in [0.4, 0.5) is 13.2 Å². The van der Waals surface area contributed by atoms with E-state index in [1.165, 1.54) is 24.3 Å². The van der Waals surface area contributed by atoms with Gasteiger partial charge in [-0.15, -0.1) is 0 Å². The molecule has 0 heterocycles. The van der Waals surface area contributed by atoms with Crippen LogP contribution in [0.15, 0.2) is 54.6 Å². The Hall–Kier alpha value is -2.01. The zero-order valence-electron chi connectivity index (χ0n) is 12.6. The summed E-state index contributed by atoms with van der Waals surface area (Å²) >= 11 is 6.09. The number of nitrogens with one attached hydrogen (secondary N) is 1. The van der Waals surface area contributed by atoms with Crippen molar-refractivity contribution in [2.45, 2.75) is 24.6 Å². The Kier molecular flexibility index (Phi) is 4.54. The third-order valence-electron chi connectivity index (χ3n) is 4.18. The molecule has 24 heavy (non-hydrogen) atoms. The van der Waals surface area contributed by atoms with E-state index < -0.39 is 24.0 Å². The molecule has 1 N–H and O–H groups in total. The van der Waals surface area contributed by atoms with E-state index >= 15 is 0 Å². The van der Waals surface area contributed by atoms with Gasteiger partial charge in [0.2, 0.25) is 5.91 Å². The molecule has 0 bridgehead atoms. The molecule has 3 rings (SSSR count). The van der Waals surface area contributed by atoms with Crippen molar-refractivity contribution in [3.05, 3.63) is 70.7 Å². The van der Waals surface area contributed by atoms with Gasteiger partial charge in [0, 0.05) is 10.9 Å². The Morgan fingerprint density at radius 1 is 1.08 bits per heavy atom. The predicted molar refractivity (Wildman–Crippen MR) is 85.7 cm³/mol. The fraction of sp³-hybridized carbons (Fsp3) is 0.278. The molecule has 0 saturated heterocycles. The van der Waals surface area contributed by atoms with Crippen LogP contribution in [0, 0.1) is 5.92 Å². The number of halogens is 4. The molecule has 3 atom stereocenters. The summed E-state index contributed by atoms with van der Waals surface area (Å²) in [5.41, 5.74) is 0.830. The Labute approximate surface area is 142 Å². The highest BCUT2D eigenvalue weighted by molar-refractivity contribution is 6.31. The molecular formula is C18H15ClF3NO. The van der Waals surface area contributed by atoms with E-state index in [1.807, 2.05) is 0 Å². The smallest absolute Gasteiger partial charge is 0.341 e. The summed E-state index contributed by atoms with van der Waals surface area (Å²) in [5.74, 6) is -1.19. The molecular weight excluding hydrogens is 339 g/mol. The van der Waals surface area contributed by atoms with Gasteiger partial charge >= 0.3 is 6.18 Å². The Morgan fingerprint density at radius 2 is 1.71 bits per heavy atom. The molecule has 0 aliphatic heterocycles. The molecule has 0 spiro atoms. The average molecular weight is 354 g/mol. The number of hydrogen-bond acceptors (Lipinski definition) is 1. The lowest BCUT2D eigenvalue weighted by Crippen LogP contribution is -2.39. The molecule has 2 aromatic carbocycles. The van der Waals surface area contributed by atoms with Gasteiger partial charge in [0.1, 0.15) is 0 Å². The molecule has 3 unspecified atom stereocenters. The van der Waals surface area contributed by atoms with Crippen molar-refractivity contribution in [3.63, 3.8) is 0 Å². The summed E-state index contributed by atoms with van der Waals surface area (Å²) in [4.78, 5) is 12.3. The minimum atomic E-state index is -4.55. The quantitative estimate of drug-likeness (QED) is 0.835. The van der Waals surface area contributed by atoms with E-state index in [0.29, 0.717) is 11.4 Å². The molecule has 0 radical (unpaired) electrons. The van der Waals surface area contributed by atoms with Gasteiger partial charge in [-0.05, 0) is 29.5 Å². The normalized spacial score (nSPS) is 21.2. The zero-order chi connectivity index (χ0) is 17.3. The Bertz CT molecular complexity index is 733. The summed E-state index contributed by atoms with van der Waals surface area (Å²) in [6.07, 6.45) is -4.04. The van der Waals surface area contributed by atoms with Crippen molar-refractivity contribution in [2.24, 2.45) is 5.92 Å². The second kappa shape index (κ2) is 6.48. The Balaban J connectivity index is 1.73. The second-order valence-corrected chi connectivity index (χ2v) is 6.27. The third-order valence-corrected chi connectivity index (χ3v) is 4.52. The van der Waals surface area contributed by atoms with Crippen molar-refractivity contribution in [2.75, 3.05) is 0 Å². The first-order valence-corrected chi connectivity index (χ1v) is 7.92. The zero-order valence-corrected chi connectivity index (χ0v) is 13.3. The van der Waals surface area contributed by atoms with Crippen molar-refractivity contribution >= 4 is 17.5 Å². The standard InChI is InChI=1S/C18H15ClF3NO/c19-15-9-5-4-8-12(15)13-10-14(13)17(24)23-16(18(20,21)22)11-6-2-1-3-7-11/h1-9,13-14,16H,10H2,(H,23,24). The highest BCUT2D eigenvalue weighted by Gasteiger charge is 2.48. The highest BCUT2D eigenvalue weighted by Crippen LogP contribution is 2.50.